The van der Waals surface area contributed by atoms with Crippen molar-refractivity contribution in [2.45, 2.75) is 150 Å². The molecule has 40 heavy (non-hydrogen) atoms. The van der Waals surface area contributed by atoms with Gasteiger partial charge in [-0.25, -0.2) is 4.79 Å². The molecule has 0 bridgehead atoms. The van der Waals surface area contributed by atoms with E-state index < -0.39 is 0 Å². The first kappa shape index (κ1) is 31.9. The van der Waals surface area contributed by atoms with Gasteiger partial charge >= 0.3 is 6.09 Å². The van der Waals surface area contributed by atoms with Crippen molar-refractivity contribution in [1.82, 2.24) is 5.32 Å². The number of ether oxygens (including phenoxy) is 1. The highest BCUT2D eigenvalue weighted by Crippen LogP contribution is 2.67. The maximum Gasteiger partial charge on any atom is 0.407 e. The van der Waals surface area contributed by atoms with E-state index in [9.17, 15) is 4.79 Å². The Balaban J connectivity index is 1.26. The summed E-state index contributed by atoms with van der Waals surface area (Å²) in [5, 5.41) is 11.9. The molecular formula is C36H63NO3. The average molecular weight is 558 g/mol. The molecule has 4 nitrogen and oxygen atoms in total. The van der Waals surface area contributed by atoms with Crippen LogP contribution in [-0.4, -0.2) is 30.5 Å². The number of hydrogen-bond donors (Lipinski definition) is 2. The Morgan fingerprint density at radius 1 is 0.950 bits per heavy atom. The van der Waals surface area contributed by atoms with Crippen LogP contribution in [0.4, 0.5) is 4.79 Å². The molecule has 0 aromatic carbocycles. The van der Waals surface area contributed by atoms with Crippen LogP contribution >= 0.6 is 0 Å². The largest absolute Gasteiger partial charge is 0.446 e. The van der Waals surface area contributed by atoms with Gasteiger partial charge in [0.2, 0.25) is 0 Å². The highest BCUT2D eigenvalue weighted by atomic mass is 16.6. The number of aliphatic hydroxyl groups excluding tert-OH is 1. The fourth-order valence-corrected chi connectivity index (χ4v) is 10.1. The van der Waals surface area contributed by atoms with Gasteiger partial charge in [0.15, 0.2) is 0 Å². The van der Waals surface area contributed by atoms with E-state index >= 15 is 0 Å². The maximum absolute atomic E-state index is 12.5. The molecule has 1 amide bonds. The highest BCUT2D eigenvalue weighted by Gasteiger charge is 2.59. The molecule has 4 aliphatic rings. The standard InChI is InChI=1S/C36H63NO3/c1-26(2)13-12-14-27(3)31-17-18-32-30-16-15-28-25-29(19-21-35(28,4)33(30)20-22-36(31,32)5)40-34(39)37-23-10-8-6-7-9-11-24-38/h15,26-27,29-33,38H,6-14,16-25H2,1-5H3,(H,37,39)/t27-,29+,30?,31-,32?,33?,35+,36-/m0/s1. The third-order valence-corrected chi connectivity index (χ3v) is 12.4. The van der Waals surface area contributed by atoms with Gasteiger partial charge in [0.05, 0.1) is 0 Å². The lowest BCUT2D eigenvalue weighted by atomic mass is 9.47. The summed E-state index contributed by atoms with van der Waals surface area (Å²) >= 11 is 0. The van der Waals surface area contributed by atoms with Crippen molar-refractivity contribution in [3.63, 3.8) is 0 Å². The number of rotatable bonds is 14. The van der Waals surface area contributed by atoms with E-state index in [2.05, 4.69) is 46.0 Å². The quantitative estimate of drug-likeness (QED) is 0.165. The Kier molecular flexibility index (Phi) is 11.5. The van der Waals surface area contributed by atoms with E-state index in [1.165, 1.54) is 70.6 Å². The molecular weight excluding hydrogens is 494 g/mol. The van der Waals surface area contributed by atoms with Crippen LogP contribution in [0.25, 0.3) is 0 Å². The van der Waals surface area contributed by atoms with Crippen LogP contribution in [-0.2, 0) is 4.74 Å². The molecule has 4 rings (SSSR count). The molecule has 0 aliphatic heterocycles. The monoisotopic (exact) mass is 557 g/mol. The first-order valence-electron chi connectivity index (χ1n) is 17.4. The van der Waals surface area contributed by atoms with Gasteiger partial charge in [-0.1, -0.05) is 91.2 Å². The third kappa shape index (κ3) is 7.30. The molecule has 230 valence electrons. The smallest absolute Gasteiger partial charge is 0.407 e. The van der Waals surface area contributed by atoms with Crippen molar-refractivity contribution in [1.29, 1.82) is 0 Å². The van der Waals surface area contributed by atoms with Gasteiger partial charge in [-0.15, -0.1) is 0 Å². The van der Waals surface area contributed by atoms with Crippen LogP contribution in [0.5, 0.6) is 0 Å². The number of nitrogens with one attached hydrogen (secondary N) is 1. The van der Waals surface area contributed by atoms with Gasteiger partial charge in [-0.05, 0) is 104 Å². The molecule has 3 unspecified atom stereocenters. The Labute approximate surface area is 246 Å². The van der Waals surface area contributed by atoms with Crippen molar-refractivity contribution < 1.29 is 14.6 Å². The molecule has 2 N–H and O–H groups in total. The summed E-state index contributed by atoms with van der Waals surface area (Å²) in [6.07, 6.45) is 23.2. The SMILES string of the molecule is CC(C)CCC[C@H](C)[C@@H]1CCC2C3CC=C4C[C@H](OC(=O)NCCCCCCCCO)CC[C@@]4(C)C3CC[C@]21C. The van der Waals surface area contributed by atoms with Crippen LogP contribution < -0.4 is 5.32 Å². The molecule has 3 fully saturated rings. The molecule has 0 heterocycles. The summed E-state index contributed by atoms with van der Waals surface area (Å²) < 4.78 is 5.94. The minimum atomic E-state index is -0.226. The third-order valence-electron chi connectivity index (χ3n) is 12.4. The Hall–Kier alpha value is -1.03. The molecule has 4 heteroatoms. The zero-order valence-corrected chi connectivity index (χ0v) is 26.8. The fourth-order valence-electron chi connectivity index (χ4n) is 10.1. The Bertz CT molecular complexity index is 838. The van der Waals surface area contributed by atoms with Gasteiger partial charge in [-0.3, -0.25) is 0 Å². The molecule has 0 saturated heterocycles. The minimum absolute atomic E-state index is 0.0331. The molecule has 0 radical (unpaired) electrons. The minimum Gasteiger partial charge on any atom is -0.446 e. The van der Waals surface area contributed by atoms with Gasteiger partial charge < -0.3 is 15.2 Å². The van der Waals surface area contributed by atoms with Gasteiger partial charge in [0, 0.05) is 19.6 Å². The maximum atomic E-state index is 12.5. The van der Waals surface area contributed by atoms with Crippen molar-refractivity contribution in [3.8, 4) is 0 Å². The van der Waals surface area contributed by atoms with Crippen LogP contribution in [0.1, 0.15) is 144 Å². The van der Waals surface area contributed by atoms with E-state index in [1.807, 2.05) is 0 Å². The summed E-state index contributed by atoms with van der Waals surface area (Å²) in [5.41, 5.74) is 2.44. The van der Waals surface area contributed by atoms with Crippen LogP contribution in [0.15, 0.2) is 11.6 Å². The van der Waals surface area contributed by atoms with Gasteiger partial charge in [0.25, 0.3) is 0 Å². The van der Waals surface area contributed by atoms with E-state index in [1.54, 1.807) is 5.57 Å². The average Bonchev–Trinajstić information content (AvgIpc) is 3.27. The number of allylic oxidation sites excluding steroid dienone is 1. The number of hydrogen-bond acceptors (Lipinski definition) is 3. The number of carbonyl (C=O) groups is 1. The Morgan fingerprint density at radius 3 is 2.45 bits per heavy atom. The number of carbonyl (C=O) groups excluding carboxylic acids is 1. The first-order valence-corrected chi connectivity index (χ1v) is 17.4. The van der Waals surface area contributed by atoms with Crippen LogP contribution in [0, 0.1) is 46.3 Å². The van der Waals surface area contributed by atoms with Crippen molar-refractivity contribution in [2.75, 3.05) is 13.2 Å². The number of amides is 1. The molecule has 0 aromatic heterocycles. The zero-order chi connectivity index (χ0) is 28.8. The van der Waals surface area contributed by atoms with E-state index in [-0.39, 0.29) is 12.2 Å². The topological polar surface area (TPSA) is 58.6 Å². The van der Waals surface area contributed by atoms with E-state index in [0.29, 0.717) is 24.0 Å². The van der Waals surface area contributed by atoms with E-state index in [4.69, 9.17) is 9.84 Å². The highest BCUT2D eigenvalue weighted by molar-refractivity contribution is 5.67. The molecule has 0 aromatic rings. The lowest BCUT2D eigenvalue weighted by Crippen LogP contribution is -2.51. The van der Waals surface area contributed by atoms with Crippen molar-refractivity contribution in [2.24, 2.45) is 46.3 Å². The van der Waals surface area contributed by atoms with Gasteiger partial charge in [0.1, 0.15) is 6.10 Å². The Morgan fingerprint density at radius 2 is 1.70 bits per heavy atom. The summed E-state index contributed by atoms with van der Waals surface area (Å²) in [6.45, 7) is 13.6. The summed E-state index contributed by atoms with van der Waals surface area (Å²) in [5.74, 6) is 5.17. The summed E-state index contributed by atoms with van der Waals surface area (Å²) in [6, 6.07) is 0. The number of fused-ring (bicyclic) bond motifs is 5. The second-order valence-corrected chi connectivity index (χ2v) is 15.3. The molecule has 8 atom stereocenters. The van der Waals surface area contributed by atoms with Gasteiger partial charge in [-0.2, -0.15) is 0 Å². The van der Waals surface area contributed by atoms with Crippen molar-refractivity contribution >= 4 is 6.09 Å². The summed E-state index contributed by atoms with van der Waals surface area (Å²) in [7, 11) is 0. The normalized spacial score (nSPS) is 35.9. The second-order valence-electron chi connectivity index (χ2n) is 15.3. The first-order chi connectivity index (χ1) is 19.2. The molecule has 3 saturated carbocycles. The number of aliphatic hydroxyl groups is 1. The number of unbranched alkanes of at least 4 members (excludes halogenated alkanes) is 5. The molecule has 0 spiro atoms. The van der Waals surface area contributed by atoms with Crippen LogP contribution in [0.2, 0.25) is 0 Å². The van der Waals surface area contributed by atoms with Crippen LogP contribution in [0.3, 0.4) is 0 Å². The second kappa shape index (κ2) is 14.4. The summed E-state index contributed by atoms with van der Waals surface area (Å²) in [4.78, 5) is 12.5. The number of alkyl carbamates (subject to hydrolysis) is 1. The predicted octanol–water partition coefficient (Wildman–Crippen LogP) is 9.46. The lowest BCUT2D eigenvalue weighted by molar-refractivity contribution is -0.0581. The molecule has 4 aliphatic carbocycles. The fraction of sp³-hybridized carbons (Fsp3) is 0.917. The predicted molar refractivity (Wildman–Crippen MR) is 166 cm³/mol. The lowest BCUT2D eigenvalue weighted by Gasteiger charge is -2.58. The van der Waals surface area contributed by atoms with Crippen molar-refractivity contribution in [3.05, 3.63) is 11.6 Å². The van der Waals surface area contributed by atoms with E-state index in [0.717, 1.165) is 74.0 Å². The zero-order valence-electron chi connectivity index (χ0n) is 26.8.